The topological polar surface area (TPSA) is 81.5 Å². The van der Waals surface area contributed by atoms with E-state index in [4.69, 9.17) is 14.6 Å². The van der Waals surface area contributed by atoms with Crippen LogP contribution in [-0.2, 0) is 0 Å². The van der Waals surface area contributed by atoms with Gasteiger partial charge in [0.15, 0.2) is 23.1 Å². The predicted octanol–water partition coefficient (Wildman–Crippen LogP) is 4.32. The Hall–Kier alpha value is -3.69. The van der Waals surface area contributed by atoms with Crippen molar-refractivity contribution in [2.45, 2.75) is 0 Å². The minimum atomic E-state index is -1.49. The van der Waals surface area contributed by atoms with Crippen LogP contribution >= 0.6 is 0 Å². The Balaban J connectivity index is 1.96. The fourth-order valence-corrected chi connectivity index (χ4v) is 1.94. The van der Waals surface area contributed by atoms with Crippen molar-refractivity contribution in [2.75, 3.05) is 0 Å². The highest BCUT2D eigenvalue weighted by Gasteiger charge is 2.19. The summed E-state index contributed by atoms with van der Waals surface area (Å²) < 4.78 is 63.4. The van der Waals surface area contributed by atoms with Crippen LogP contribution in [0.4, 0.5) is 17.6 Å². The van der Waals surface area contributed by atoms with Crippen LogP contribution in [0.25, 0.3) is 0 Å². The number of carboxylic acids is 1. The molecule has 0 amide bonds. The summed E-state index contributed by atoms with van der Waals surface area (Å²) in [5, 5.41) is 9.16. The molecule has 27 heavy (non-hydrogen) atoms. The molecule has 0 aliphatic carbocycles. The van der Waals surface area contributed by atoms with E-state index >= 15 is 0 Å². The molecule has 0 atom stereocenters. The third kappa shape index (κ3) is 4.11. The van der Waals surface area contributed by atoms with Crippen molar-refractivity contribution in [1.29, 1.82) is 0 Å². The Labute approximate surface area is 148 Å². The number of aromatic nitrogens is 2. The summed E-state index contributed by atoms with van der Waals surface area (Å²) in [5.74, 6) is -6.90. The van der Waals surface area contributed by atoms with Gasteiger partial charge in [0, 0.05) is 12.1 Å². The highest BCUT2D eigenvalue weighted by atomic mass is 19.1. The summed E-state index contributed by atoms with van der Waals surface area (Å²) in [4.78, 5) is 18.5. The number of carbonyl (C=O) groups is 1. The maximum Gasteiger partial charge on any atom is 0.342 e. The van der Waals surface area contributed by atoms with E-state index in [0.717, 1.165) is 30.5 Å². The number of rotatable bonds is 5. The minimum Gasteiger partial charge on any atom is -0.477 e. The Bertz CT molecular complexity index is 1030. The fourth-order valence-electron chi connectivity index (χ4n) is 1.94. The number of hydrogen-bond acceptors (Lipinski definition) is 5. The molecule has 3 rings (SSSR count). The average Bonchev–Trinajstić information content (AvgIpc) is 2.60. The van der Waals surface area contributed by atoms with Gasteiger partial charge in [0.2, 0.25) is 5.88 Å². The number of nitrogens with zero attached hydrogens (tertiary/aromatic N) is 2. The summed E-state index contributed by atoms with van der Waals surface area (Å²) in [6.45, 7) is 0. The van der Waals surface area contributed by atoms with Gasteiger partial charge in [-0.25, -0.2) is 27.3 Å². The second-order valence-electron chi connectivity index (χ2n) is 5.03. The quantitative estimate of drug-likeness (QED) is 0.664. The van der Waals surface area contributed by atoms with Gasteiger partial charge in [0.1, 0.15) is 17.2 Å². The first-order chi connectivity index (χ1) is 12.8. The van der Waals surface area contributed by atoms with Crippen molar-refractivity contribution in [3.63, 3.8) is 0 Å². The molecule has 138 valence electrons. The molecule has 0 saturated heterocycles. The van der Waals surface area contributed by atoms with Gasteiger partial charge in [-0.1, -0.05) is 0 Å². The van der Waals surface area contributed by atoms with Crippen LogP contribution in [0.15, 0.2) is 42.6 Å². The van der Waals surface area contributed by atoms with Gasteiger partial charge >= 0.3 is 12.0 Å². The molecule has 0 radical (unpaired) electrons. The standard InChI is InChI=1S/C17H8F4N2O4/c18-8-1-3-13(11(20)5-8)26-15-10(16(24)25)7-22-17(23-15)27-14-4-2-9(19)6-12(14)21/h1-7H,(H,24,25). The summed E-state index contributed by atoms with van der Waals surface area (Å²) >= 11 is 0. The number of halogens is 4. The molecule has 0 spiro atoms. The van der Waals surface area contributed by atoms with Gasteiger partial charge in [0.25, 0.3) is 0 Å². The molecule has 0 bridgehead atoms. The largest absolute Gasteiger partial charge is 0.477 e. The molecule has 2 aromatic carbocycles. The first-order valence-electron chi connectivity index (χ1n) is 7.19. The second kappa shape index (κ2) is 7.28. The minimum absolute atomic E-state index is 0.432. The molecular weight excluding hydrogens is 372 g/mol. The van der Waals surface area contributed by atoms with Gasteiger partial charge in [-0.3, -0.25) is 0 Å². The van der Waals surface area contributed by atoms with Crippen molar-refractivity contribution in [3.8, 4) is 23.4 Å². The lowest BCUT2D eigenvalue weighted by molar-refractivity contribution is 0.0692. The molecule has 0 aliphatic heterocycles. The van der Waals surface area contributed by atoms with Crippen LogP contribution in [0.2, 0.25) is 0 Å². The first kappa shape index (κ1) is 18.1. The zero-order chi connectivity index (χ0) is 19.6. The van der Waals surface area contributed by atoms with Crippen LogP contribution in [-0.4, -0.2) is 21.0 Å². The Morgan fingerprint density at radius 1 is 0.889 bits per heavy atom. The first-order valence-corrected chi connectivity index (χ1v) is 7.19. The fraction of sp³-hybridized carbons (Fsp3) is 0. The van der Waals surface area contributed by atoms with Crippen LogP contribution in [0.3, 0.4) is 0 Å². The Kier molecular flexibility index (Phi) is 4.88. The number of ether oxygens (including phenoxy) is 2. The molecule has 0 unspecified atom stereocenters. The molecule has 1 heterocycles. The third-order valence-corrected chi connectivity index (χ3v) is 3.16. The predicted molar refractivity (Wildman–Crippen MR) is 81.9 cm³/mol. The summed E-state index contributed by atoms with van der Waals surface area (Å²) in [6.07, 6.45) is 0.795. The van der Waals surface area contributed by atoms with Gasteiger partial charge in [-0.2, -0.15) is 4.98 Å². The number of carboxylic acid groups (broad SMARTS) is 1. The van der Waals surface area contributed by atoms with E-state index in [1.807, 2.05) is 0 Å². The van der Waals surface area contributed by atoms with E-state index in [1.54, 1.807) is 0 Å². The van der Waals surface area contributed by atoms with Crippen molar-refractivity contribution in [1.82, 2.24) is 9.97 Å². The zero-order valence-corrected chi connectivity index (χ0v) is 13.1. The maximum atomic E-state index is 13.7. The van der Waals surface area contributed by atoms with Crippen molar-refractivity contribution in [2.24, 2.45) is 0 Å². The Morgan fingerprint density at radius 2 is 1.44 bits per heavy atom. The van der Waals surface area contributed by atoms with Gasteiger partial charge < -0.3 is 14.6 Å². The van der Waals surface area contributed by atoms with Crippen LogP contribution in [0, 0.1) is 23.3 Å². The molecule has 1 N–H and O–H groups in total. The molecule has 6 nitrogen and oxygen atoms in total. The monoisotopic (exact) mass is 380 g/mol. The van der Waals surface area contributed by atoms with Gasteiger partial charge in [0.05, 0.1) is 6.20 Å². The van der Waals surface area contributed by atoms with Crippen LogP contribution in [0.1, 0.15) is 10.4 Å². The summed E-state index contributed by atoms with van der Waals surface area (Å²) in [5.41, 5.74) is -0.550. The third-order valence-electron chi connectivity index (χ3n) is 3.16. The SMILES string of the molecule is O=C(O)c1cnc(Oc2ccc(F)cc2F)nc1Oc1ccc(F)cc1F. The molecule has 3 aromatic rings. The molecule has 0 saturated carbocycles. The molecule has 1 aromatic heterocycles. The summed E-state index contributed by atoms with van der Waals surface area (Å²) in [7, 11) is 0. The summed E-state index contributed by atoms with van der Waals surface area (Å²) in [6, 6.07) is 4.27. The lowest BCUT2D eigenvalue weighted by Gasteiger charge is -2.10. The molecule has 0 aliphatic rings. The van der Waals surface area contributed by atoms with Crippen molar-refractivity contribution in [3.05, 3.63) is 71.4 Å². The van der Waals surface area contributed by atoms with Crippen LogP contribution in [0.5, 0.6) is 23.4 Å². The van der Waals surface area contributed by atoms with Crippen molar-refractivity contribution >= 4 is 5.97 Å². The van der Waals surface area contributed by atoms with E-state index in [2.05, 4.69) is 9.97 Å². The van der Waals surface area contributed by atoms with Gasteiger partial charge in [-0.05, 0) is 24.3 Å². The van der Waals surface area contributed by atoms with E-state index in [1.165, 1.54) is 0 Å². The number of benzene rings is 2. The van der Waals surface area contributed by atoms with Crippen molar-refractivity contribution < 1.29 is 36.9 Å². The number of hydrogen-bond donors (Lipinski definition) is 1. The van der Waals surface area contributed by atoms with E-state index < -0.39 is 58.2 Å². The maximum absolute atomic E-state index is 13.7. The molecular formula is C17H8F4N2O4. The average molecular weight is 380 g/mol. The molecule has 0 fully saturated rings. The Morgan fingerprint density at radius 3 is 1.96 bits per heavy atom. The molecule has 10 heteroatoms. The second-order valence-corrected chi connectivity index (χ2v) is 5.03. The lowest BCUT2D eigenvalue weighted by Crippen LogP contribution is -2.05. The van der Waals surface area contributed by atoms with Gasteiger partial charge in [-0.15, -0.1) is 0 Å². The van der Waals surface area contributed by atoms with E-state index in [0.29, 0.717) is 12.1 Å². The van der Waals surface area contributed by atoms with Crippen LogP contribution < -0.4 is 9.47 Å². The van der Waals surface area contributed by atoms with E-state index in [9.17, 15) is 22.4 Å². The highest BCUT2D eigenvalue weighted by molar-refractivity contribution is 5.89. The van der Waals surface area contributed by atoms with E-state index in [-0.39, 0.29) is 0 Å². The normalized spacial score (nSPS) is 10.5. The zero-order valence-electron chi connectivity index (χ0n) is 13.1. The smallest absolute Gasteiger partial charge is 0.342 e. The number of aromatic carboxylic acids is 1. The highest BCUT2D eigenvalue weighted by Crippen LogP contribution is 2.29. The lowest BCUT2D eigenvalue weighted by atomic mass is 10.3.